The van der Waals surface area contributed by atoms with Crippen LogP contribution in [0, 0.1) is 0 Å². The maximum atomic E-state index is 12.4. The van der Waals surface area contributed by atoms with Crippen molar-refractivity contribution in [1.29, 1.82) is 0 Å². The smallest absolute Gasteiger partial charge is 0.257 e. The van der Waals surface area contributed by atoms with Crippen molar-refractivity contribution in [3.8, 4) is 5.75 Å². The number of ether oxygens (including phenoxy) is 1. The van der Waals surface area contributed by atoms with Gasteiger partial charge in [-0.25, -0.2) is 0 Å². The third-order valence-corrected chi connectivity index (χ3v) is 7.34. The molecule has 0 aliphatic heterocycles. The predicted molar refractivity (Wildman–Crippen MR) is 119 cm³/mol. The molecule has 4 nitrogen and oxygen atoms in total. The van der Waals surface area contributed by atoms with Gasteiger partial charge in [-0.1, -0.05) is 45.7 Å². The van der Waals surface area contributed by atoms with Crippen LogP contribution in [0.5, 0.6) is 5.75 Å². The van der Waals surface area contributed by atoms with Crippen molar-refractivity contribution < 1.29 is 14.6 Å². The normalized spacial score (nSPS) is 17.1. The van der Waals surface area contributed by atoms with E-state index in [1.54, 1.807) is 18.3 Å². The number of carbonyl (C=O) groups is 1. The molecule has 1 aromatic carbocycles. The standard InChI is InChI=1S/C24H33NO3S/c1-17(26)20-11-12-21(29-20)24(13-5-6-14-24)16-25-22(27)15-28-19-9-7-18(8-10-19)23(2,3)4/h7-12,17,26H,5-6,13-16H2,1-4H3,(H,25,27). The van der Waals surface area contributed by atoms with E-state index >= 15 is 0 Å². The van der Waals surface area contributed by atoms with Gasteiger partial charge >= 0.3 is 0 Å². The Balaban J connectivity index is 1.55. The third kappa shape index (κ3) is 5.40. The summed E-state index contributed by atoms with van der Waals surface area (Å²) in [5.41, 5.74) is 1.33. The van der Waals surface area contributed by atoms with Gasteiger partial charge in [0.25, 0.3) is 5.91 Å². The number of carbonyl (C=O) groups excluding carboxylic acids is 1. The molecule has 1 aliphatic carbocycles. The van der Waals surface area contributed by atoms with E-state index in [0.717, 1.165) is 17.7 Å². The summed E-state index contributed by atoms with van der Waals surface area (Å²) in [7, 11) is 0. The molecule has 158 valence electrons. The lowest BCUT2D eigenvalue weighted by atomic mass is 9.84. The second-order valence-electron chi connectivity index (χ2n) is 9.21. The van der Waals surface area contributed by atoms with Crippen LogP contribution in [0.15, 0.2) is 36.4 Å². The number of hydrogen-bond acceptors (Lipinski definition) is 4. The van der Waals surface area contributed by atoms with E-state index in [1.807, 2.05) is 18.2 Å². The molecule has 2 N–H and O–H groups in total. The number of hydrogen-bond donors (Lipinski definition) is 2. The monoisotopic (exact) mass is 415 g/mol. The van der Waals surface area contributed by atoms with Crippen molar-refractivity contribution in [2.24, 2.45) is 0 Å². The zero-order valence-corrected chi connectivity index (χ0v) is 18.8. The zero-order valence-electron chi connectivity index (χ0n) is 18.0. The first-order valence-electron chi connectivity index (χ1n) is 10.5. The van der Waals surface area contributed by atoms with Crippen LogP contribution >= 0.6 is 11.3 Å². The van der Waals surface area contributed by atoms with Crippen LogP contribution in [-0.4, -0.2) is 24.2 Å². The molecule has 0 spiro atoms. The summed E-state index contributed by atoms with van der Waals surface area (Å²) in [4.78, 5) is 14.7. The highest BCUT2D eigenvalue weighted by atomic mass is 32.1. The molecule has 2 aromatic rings. The fourth-order valence-electron chi connectivity index (χ4n) is 3.94. The zero-order chi connectivity index (χ0) is 21.1. The van der Waals surface area contributed by atoms with Crippen LogP contribution in [0.1, 0.15) is 74.8 Å². The van der Waals surface area contributed by atoms with Crippen molar-refractivity contribution in [3.05, 3.63) is 51.7 Å². The molecule has 29 heavy (non-hydrogen) atoms. The van der Waals surface area contributed by atoms with E-state index in [1.165, 1.54) is 23.3 Å². The van der Waals surface area contributed by atoms with Crippen LogP contribution in [0.2, 0.25) is 0 Å². The fourth-order valence-corrected chi connectivity index (χ4v) is 5.13. The summed E-state index contributed by atoms with van der Waals surface area (Å²) in [6.07, 6.45) is 4.05. The van der Waals surface area contributed by atoms with Crippen LogP contribution in [0.3, 0.4) is 0 Å². The number of amides is 1. The molecular weight excluding hydrogens is 382 g/mol. The minimum absolute atomic E-state index is 0.0121. The summed E-state index contributed by atoms with van der Waals surface area (Å²) in [5.74, 6) is 0.618. The quantitative estimate of drug-likeness (QED) is 0.661. The maximum absolute atomic E-state index is 12.4. The number of aliphatic hydroxyl groups is 1. The number of benzene rings is 1. The van der Waals surface area contributed by atoms with E-state index < -0.39 is 6.10 Å². The lowest BCUT2D eigenvalue weighted by molar-refractivity contribution is -0.123. The van der Waals surface area contributed by atoms with Gasteiger partial charge in [0.1, 0.15) is 5.75 Å². The van der Waals surface area contributed by atoms with Crippen LogP contribution in [-0.2, 0) is 15.6 Å². The molecule has 1 saturated carbocycles. The second kappa shape index (κ2) is 8.88. The molecular formula is C24H33NO3S. The van der Waals surface area contributed by atoms with E-state index in [-0.39, 0.29) is 23.3 Å². The first-order valence-corrected chi connectivity index (χ1v) is 11.3. The highest BCUT2D eigenvalue weighted by Gasteiger charge is 2.37. The summed E-state index contributed by atoms with van der Waals surface area (Å²) in [6.45, 7) is 8.96. The Morgan fingerprint density at radius 1 is 1.17 bits per heavy atom. The molecule has 0 radical (unpaired) electrons. The topological polar surface area (TPSA) is 58.6 Å². The minimum Gasteiger partial charge on any atom is -0.484 e. The van der Waals surface area contributed by atoms with E-state index in [4.69, 9.17) is 4.74 Å². The average molecular weight is 416 g/mol. The average Bonchev–Trinajstić information content (AvgIpc) is 3.34. The van der Waals surface area contributed by atoms with Gasteiger partial charge in [-0.3, -0.25) is 4.79 Å². The molecule has 1 fully saturated rings. The first kappa shape index (κ1) is 21.8. The summed E-state index contributed by atoms with van der Waals surface area (Å²) < 4.78 is 5.68. The molecule has 1 unspecified atom stereocenters. The lowest BCUT2D eigenvalue weighted by Crippen LogP contribution is -2.40. The van der Waals surface area contributed by atoms with Gasteiger partial charge in [-0.2, -0.15) is 0 Å². The number of nitrogens with one attached hydrogen (secondary N) is 1. The number of aliphatic hydroxyl groups excluding tert-OH is 1. The van der Waals surface area contributed by atoms with Crippen molar-refractivity contribution in [2.75, 3.05) is 13.2 Å². The molecule has 0 bridgehead atoms. The SMILES string of the molecule is CC(O)c1ccc(C2(CNC(=O)COc3ccc(C(C)(C)C)cc3)CCCC2)s1. The predicted octanol–water partition coefficient (Wildman–Crippen LogP) is 5.11. The Morgan fingerprint density at radius 3 is 2.38 bits per heavy atom. The van der Waals surface area contributed by atoms with Crippen LogP contribution in [0.25, 0.3) is 0 Å². The fraction of sp³-hybridized carbons (Fsp3) is 0.542. The Kier molecular flexibility index (Phi) is 6.69. The summed E-state index contributed by atoms with van der Waals surface area (Å²) in [6, 6.07) is 12.1. The molecule has 1 aromatic heterocycles. The van der Waals surface area contributed by atoms with Gasteiger partial charge in [-0.05, 0) is 55.0 Å². The molecule has 1 amide bonds. The second-order valence-corrected chi connectivity index (χ2v) is 10.3. The van der Waals surface area contributed by atoms with E-state index in [0.29, 0.717) is 12.3 Å². The van der Waals surface area contributed by atoms with Crippen molar-refractivity contribution in [2.45, 2.75) is 70.3 Å². The molecule has 3 rings (SSSR count). The van der Waals surface area contributed by atoms with Crippen molar-refractivity contribution in [3.63, 3.8) is 0 Å². The Labute approximate surface area is 178 Å². The molecule has 1 atom stereocenters. The Morgan fingerprint density at radius 2 is 1.83 bits per heavy atom. The largest absolute Gasteiger partial charge is 0.484 e. The highest BCUT2D eigenvalue weighted by molar-refractivity contribution is 7.12. The van der Waals surface area contributed by atoms with Gasteiger partial charge in [0, 0.05) is 21.7 Å². The molecule has 1 heterocycles. The molecule has 0 saturated heterocycles. The highest BCUT2D eigenvalue weighted by Crippen LogP contribution is 2.44. The van der Waals surface area contributed by atoms with Crippen molar-refractivity contribution >= 4 is 17.2 Å². The molecule has 1 aliphatic rings. The number of rotatable bonds is 7. The number of thiophene rings is 1. The van der Waals surface area contributed by atoms with Crippen molar-refractivity contribution in [1.82, 2.24) is 5.32 Å². The molecule has 5 heteroatoms. The Hall–Kier alpha value is -1.85. The van der Waals surface area contributed by atoms with Gasteiger partial charge in [-0.15, -0.1) is 11.3 Å². The van der Waals surface area contributed by atoms with E-state index in [9.17, 15) is 9.90 Å². The first-order chi connectivity index (χ1) is 13.7. The van der Waals surface area contributed by atoms with Crippen LogP contribution < -0.4 is 10.1 Å². The van der Waals surface area contributed by atoms with E-state index in [2.05, 4.69) is 44.3 Å². The maximum Gasteiger partial charge on any atom is 0.257 e. The third-order valence-electron chi connectivity index (χ3n) is 5.84. The van der Waals surface area contributed by atoms with Gasteiger partial charge in [0.2, 0.25) is 0 Å². The minimum atomic E-state index is -0.445. The van der Waals surface area contributed by atoms with Gasteiger partial charge in [0.15, 0.2) is 6.61 Å². The summed E-state index contributed by atoms with van der Waals surface area (Å²) in [5, 5.41) is 12.9. The summed E-state index contributed by atoms with van der Waals surface area (Å²) >= 11 is 1.67. The van der Waals surface area contributed by atoms with Crippen LogP contribution in [0.4, 0.5) is 0 Å². The van der Waals surface area contributed by atoms with Gasteiger partial charge in [0.05, 0.1) is 6.10 Å². The lowest BCUT2D eigenvalue weighted by Gasteiger charge is -2.28. The van der Waals surface area contributed by atoms with Gasteiger partial charge < -0.3 is 15.2 Å². The Bertz CT molecular complexity index is 811.